The smallest absolute Gasteiger partial charge is 0.422 e. The van der Waals surface area contributed by atoms with E-state index in [2.05, 4.69) is 25.3 Å². The van der Waals surface area contributed by atoms with E-state index in [0.717, 1.165) is 31.2 Å². The summed E-state index contributed by atoms with van der Waals surface area (Å²) in [6.07, 6.45) is 0.794. The van der Waals surface area contributed by atoms with Crippen LogP contribution in [-0.2, 0) is 11.3 Å². The predicted molar refractivity (Wildman–Crippen MR) is 119 cm³/mol. The lowest BCUT2D eigenvalue weighted by Crippen LogP contribution is -2.49. The summed E-state index contributed by atoms with van der Waals surface area (Å²) in [4.78, 5) is 22.3. The Labute approximate surface area is 191 Å². The second kappa shape index (κ2) is 11.6. The van der Waals surface area contributed by atoms with Crippen LogP contribution in [0.25, 0.3) is 0 Å². The molecule has 0 aliphatic heterocycles. The van der Waals surface area contributed by atoms with Crippen molar-refractivity contribution in [2.24, 2.45) is 10.4 Å². The zero-order valence-electron chi connectivity index (χ0n) is 17.4. The Bertz CT molecular complexity index is 705. The number of amides is 1. The molecule has 1 aromatic rings. The van der Waals surface area contributed by atoms with Crippen molar-refractivity contribution in [1.82, 2.24) is 20.5 Å². The van der Waals surface area contributed by atoms with Crippen molar-refractivity contribution in [1.29, 1.82) is 0 Å². The normalized spacial score (nSPS) is 15.9. The van der Waals surface area contributed by atoms with E-state index in [0.29, 0.717) is 19.0 Å². The number of rotatable bonds is 7. The topological polar surface area (TPSA) is 78.9 Å². The Morgan fingerprint density at radius 1 is 1.27 bits per heavy atom. The Balaban J connectivity index is 0.00000450. The fraction of sp³-hybridized carbons (Fsp3) is 0.632. The molecule has 1 aliphatic carbocycles. The molecule has 7 nitrogen and oxygen atoms in total. The quantitative estimate of drug-likeness (QED) is 0.314. The number of aromatic nitrogens is 1. The van der Waals surface area contributed by atoms with Gasteiger partial charge in [0.1, 0.15) is 0 Å². The van der Waals surface area contributed by atoms with Gasteiger partial charge in [0.2, 0.25) is 11.8 Å². The molecule has 0 aromatic carbocycles. The number of hydrogen-bond donors (Lipinski definition) is 2. The first-order valence-electron chi connectivity index (χ1n) is 9.46. The minimum Gasteiger partial charge on any atom is -0.468 e. The third-order valence-corrected chi connectivity index (χ3v) is 4.88. The van der Waals surface area contributed by atoms with Crippen molar-refractivity contribution in [3.8, 4) is 5.88 Å². The number of hydrogen-bond acceptors (Lipinski definition) is 4. The average Bonchev–Trinajstić information content (AvgIpc) is 3.16. The summed E-state index contributed by atoms with van der Waals surface area (Å²) in [6, 6.07) is 3.02. The molecule has 0 unspecified atom stereocenters. The Morgan fingerprint density at radius 3 is 2.43 bits per heavy atom. The summed E-state index contributed by atoms with van der Waals surface area (Å²) >= 11 is 0. The molecule has 0 spiro atoms. The van der Waals surface area contributed by atoms with E-state index >= 15 is 0 Å². The lowest BCUT2D eigenvalue weighted by atomic mass is 9.84. The molecule has 0 radical (unpaired) electrons. The zero-order valence-corrected chi connectivity index (χ0v) is 19.7. The van der Waals surface area contributed by atoms with Crippen LogP contribution in [0.5, 0.6) is 5.88 Å². The number of carbonyl (C=O) groups is 1. The number of carbonyl (C=O) groups excluding carboxylic acids is 1. The van der Waals surface area contributed by atoms with Crippen LogP contribution in [0.1, 0.15) is 31.2 Å². The molecule has 30 heavy (non-hydrogen) atoms. The summed E-state index contributed by atoms with van der Waals surface area (Å²) in [5.74, 6) is 0.579. The highest BCUT2D eigenvalue weighted by atomic mass is 127. The van der Waals surface area contributed by atoms with Crippen LogP contribution in [0.2, 0.25) is 0 Å². The fourth-order valence-electron chi connectivity index (χ4n) is 3.41. The van der Waals surface area contributed by atoms with Gasteiger partial charge in [-0.3, -0.25) is 9.79 Å². The first kappa shape index (κ1) is 26.2. The van der Waals surface area contributed by atoms with Gasteiger partial charge in [-0.1, -0.05) is 18.9 Å². The number of aliphatic imine (C=N–C) groups is 1. The molecule has 170 valence electrons. The van der Waals surface area contributed by atoms with Crippen molar-refractivity contribution in [3.05, 3.63) is 23.9 Å². The van der Waals surface area contributed by atoms with Gasteiger partial charge < -0.3 is 20.3 Å². The number of guanidine groups is 1. The van der Waals surface area contributed by atoms with E-state index in [1.807, 2.05) is 0 Å². The minimum atomic E-state index is -4.40. The maximum absolute atomic E-state index is 12.6. The Morgan fingerprint density at radius 2 is 1.93 bits per heavy atom. The molecule has 1 amide bonds. The van der Waals surface area contributed by atoms with Gasteiger partial charge >= 0.3 is 6.18 Å². The molecule has 1 fully saturated rings. The van der Waals surface area contributed by atoms with Crippen molar-refractivity contribution in [3.63, 3.8) is 0 Å². The van der Waals surface area contributed by atoms with Gasteiger partial charge in [0, 0.05) is 46.5 Å². The monoisotopic (exact) mass is 543 g/mol. The van der Waals surface area contributed by atoms with Gasteiger partial charge in [0.05, 0.1) is 5.41 Å². The highest BCUT2D eigenvalue weighted by Crippen LogP contribution is 2.38. The first-order valence-corrected chi connectivity index (χ1v) is 9.46. The van der Waals surface area contributed by atoms with E-state index in [9.17, 15) is 18.0 Å². The zero-order chi connectivity index (χ0) is 21.5. The van der Waals surface area contributed by atoms with E-state index in [1.54, 1.807) is 32.1 Å². The molecule has 1 saturated carbocycles. The van der Waals surface area contributed by atoms with Gasteiger partial charge in [-0.2, -0.15) is 13.2 Å². The summed E-state index contributed by atoms with van der Waals surface area (Å²) in [6.45, 7) is -0.505. The lowest BCUT2D eigenvalue weighted by molar-refractivity contribution is -0.154. The molecule has 0 atom stereocenters. The standard InChI is InChI=1S/C19H28F3N5O2.HI/c1-23-17(26-12-18(8-4-5-9-18)16(28)27(2)3)25-11-14-6-7-15(24-10-14)29-13-19(20,21)22;/h6-7,10H,4-5,8-9,11-13H2,1-3H3,(H2,23,25,26);1H. The second-order valence-electron chi connectivity index (χ2n) is 7.37. The molecular formula is C19H29F3IN5O2. The molecule has 0 saturated heterocycles. The molecule has 1 heterocycles. The Hall–Kier alpha value is -1.79. The van der Waals surface area contributed by atoms with Crippen LogP contribution in [0, 0.1) is 5.41 Å². The number of pyridine rings is 1. The molecule has 11 heteroatoms. The van der Waals surface area contributed by atoms with Crippen molar-refractivity contribution >= 4 is 35.8 Å². The van der Waals surface area contributed by atoms with Crippen LogP contribution in [0.3, 0.4) is 0 Å². The molecule has 2 N–H and O–H groups in total. The minimum absolute atomic E-state index is 0. The van der Waals surface area contributed by atoms with Crippen molar-refractivity contribution in [2.75, 3.05) is 34.3 Å². The summed E-state index contributed by atoms with van der Waals surface area (Å²) in [5, 5.41) is 6.35. The van der Waals surface area contributed by atoms with Crippen molar-refractivity contribution < 1.29 is 22.7 Å². The number of nitrogens with zero attached hydrogens (tertiary/aromatic N) is 3. The van der Waals surface area contributed by atoms with Crippen LogP contribution in [-0.4, -0.2) is 62.2 Å². The molecule has 1 aliphatic rings. The predicted octanol–water partition coefficient (Wildman–Crippen LogP) is 2.95. The van der Waals surface area contributed by atoms with Crippen LogP contribution < -0.4 is 15.4 Å². The van der Waals surface area contributed by atoms with E-state index in [-0.39, 0.29) is 35.8 Å². The second-order valence-corrected chi connectivity index (χ2v) is 7.37. The highest BCUT2D eigenvalue weighted by molar-refractivity contribution is 14.0. The van der Waals surface area contributed by atoms with Crippen LogP contribution >= 0.6 is 24.0 Å². The maximum atomic E-state index is 12.6. The fourth-order valence-corrected chi connectivity index (χ4v) is 3.41. The van der Waals surface area contributed by atoms with E-state index in [1.165, 1.54) is 12.3 Å². The van der Waals surface area contributed by atoms with E-state index in [4.69, 9.17) is 0 Å². The number of ether oxygens (including phenoxy) is 1. The third kappa shape index (κ3) is 7.80. The summed E-state index contributed by atoms with van der Waals surface area (Å²) < 4.78 is 41.1. The van der Waals surface area contributed by atoms with Gasteiger partial charge in [0.15, 0.2) is 12.6 Å². The van der Waals surface area contributed by atoms with Crippen molar-refractivity contribution in [2.45, 2.75) is 38.4 Å². The highest BCUT2D eigenvalue weighted by Gasteiger charge is 2.42. The summed E-state index contributed by atoms with van der Waals surface area (Å²) in [7, 11) is 5.17. The number of halogens is 4. The van der Waals surface area contributed by atoms with Gasteiger partial charge in [-0.25, -0.2) is 4.98 Å². The third-order valence-electron chi connectivity index (χ3n) is 4.88. The first-order chi connectivity index (χ1) is 13.6. The molecule has 2 rings (SSSR count). The van der Waals surface area contributed by atoms with Crippen LogP contribution in [0.15, 0.2) is 23.3 Å². The van der Waals surface area contributed by atoms with Gasteiger partial charge in [-0.15, -0.1) is 24.0 Å². The van der Waals surface area contributed by atoms with Gasteiger partial charge in [0.25, 0.3) is 0 Å². The SMILES string of the molecule is CN=C(NCc1ccc(OCC(F)(F)F)nc1)NCC1(C(=O)N(C)C)CCCC1.I. The number of nitrogens with one attached hydrogen (secondary N) is 2. The molecule has 1 aromatic heterocycles. The van der Waals surface area contributed by atoms with Gasteiger partial charge in [-0.05, 0) is 18.4 Å². The Kier molecular flexibility index (Phi) is 10.1. The average molecular weight is 543 g/mol. The van der Waals surface area contributed by atoms with E-state index < -0.39 is 18.2 Å². The maximum Gasteiger partial charge on any atom is 0.422 e. The largest absolute Gasteiger partial charge is 0.468 e. The number of alkyl halides is 3. The molecular weight excluding hydrogens is 514 g/mol. The van der Waals surface area contributed by atoms with Crippen LogP contribution in [0.4, 0.5) is 13.2 Å². The molecule has 0 bridgehead atoms. The summed E-state index contributed by atoms with van der Waals surface area (Å²) in [5.41, 5.74) is 0.340. The lowest BCUT2D eigenvalue weighted by Gasteiger charge is -2.31.